The second kappa shape index (κ2) is 5.12. The highest BCUT2D eigenvalue weighted by atomic mass is 16.4. The van der Waals surface area contributed by atoms with Gasteiger partial charge < -0.3 is 15.0 Å². The number of carbonyl (C=O) groups is 1. The van der Waals surface area contributed by atoms with Gasteiger partial charge in [0.25, 0.3) is 0 Å². The number of hydrogen-bond acceptors (Lipinski definition) is 3. The fourth-order valence-corrected chi connectivity index (χ4v) is 1.28. The summed E-state index contributed by atoms with van der Waals surface area (Å²) in [5, 5.41) is 12.2. The maximum Gasteiger partial charge on any atom is 0.310 e. The van der Waals surface area contributed by atoms with E-state index >= 15 is 0 Å². The van der Waals surface area contributed by atoms with Gasteiger partial charge in [0.05, 0.1) is 11.7 Å². The van der Waals surface area contributed by atoms with Crippen LogP contribution < -0.4 is 5.32 Å². The summed E-state index contributed by atoms with van der Waals surface area (Å²) in [6.45, 7) is 6.70. The van der Waals surface area contributed by atoms with E-state index in [0.717, 1.165) is 6.54 Å². The monoisotopic (exact) mass is 225 g/mol. The predicted molar refractivity (Wildman–Crippen MR) is 61.1 cm³/mol. The van der Waals surface area contributed by atoms with Crippen LogP contribution in [-0.2, 0) is 11.3 Å². The van der Waals surface area contributed by atoms with Crippen molar-refractivity contribution in [3.05, 3.63) is 18.7 Å². The summed E-state index contributed by atoms with van der Waals surface area (Å²) in [6, 6.07) is 0.216. The third-order valence-corrected chi connectivity index (χ3v) is 2.52. The van der Waals surface area contributed by atoms with Gasteiger partial charge in [-0.2, -0.15) is 0 Å². The van der Waals surface area contributed by atoms with Gasteiger partial charge in [0.2, 0.25) is 0 Å². The van der Waals surface area contributed by atoms with Gasteiger partial charge in [0.1, 0.15) is 0 Å². The SMILES string of the molecule is CC(Cn1ccnc1)NCC(C)(C)C(=O)O. The number of carboxylic acids is 1. The lowest BCUT2D eigenvalue weighted by atomic mass is 9.93. The van der Waals surface area contributed by atoms with Crippen LogP contribution in [0.2, 0.25) is 0 Å². The number of carboxylic acid groups (broad SMARTS) is 1. The molecule has 0 aliphatic rings. The van der Waals surface area contributed by atoms with Gasteiger partial charge in [0.15, 0.2) is 0 Å². The fourth-order valence-electron chi connectivity index (χ4n) is 1.28. The Labute approximate surface area is 95.5 Å². The first kappa shape index (κ1) is 12.7. The minimum absolute atomic E-state index is 0.216. The molecule has 0 aromatic carbocycles. The standard InChI is InChI=1S/C11H19N3O2/c1-9(6-14-5-4-12-8-14)13-7-11(2,3)10(15)16/h4-5,8-9,13H,6-7H2,1-3H3,(H,15,16). The molecule has 0 saturated carbocycles. The van der Waals surface area contributed by atoms with Crippen molar-refractivity contribution in [2.24, 2.45) is 5.41 Å². The molecule has 1 aromatic rings. The Morgan fingerprint density at radius 1 is 1.62 bits per heavy atom. The van der Waals surface area contributed by atoms with Crippen molar-refractivity contribution in [1.29, 1.82) is 0 Å². The summed E-state index contributed by atoms with van der Waals surface area (Å²) in [7, 11) is 0. The zero-order valence-electron chi connectivity index (χ0n) is 9.97. The maximum absolute atomic E-state index is 10.9. The number of nitrogens with one attached hydrogen (secondary N) is 1. The predicted octanol–water partition coefficient (Wildman–Crippen LogP) is 0.972. The van der Waals surface area contributed by atoms with Gasteiger partial charge >= 0.3 is 5.97 Å². The van der Waals surface area contributed by atoms with Crippen LogP contribution in [-0.4, -0.2) is 33.2 Å². The van der Waals surface area contributed by atoms with E-state index in [0.29, 0.717) is 6.54 Å². The van der Waals surface area contributed by atoms with E-state index in [9.17, 15) is 4.79 Å². The molecular formula is C11H19N3O2. The summed E-state index contributed by atoms with van der Waals surface area (Å²) in [5.41, 5.74) is -0.733. The van der Waals surface area contributed by atoms with Crippen molar-refractivity contribution < 1.29 is 9.90 Å². The first-order valence-corrected chi connectivity index (χ1v) is 5.34. The molecule has 1 unspecified atom stereocenters. The van der Waals surface area contributed by atoms with Crippen molar-refractivity contribution in [3.63, 3.8) is 0 Å². The third kappa shape index (κ3) is 3.66. The lowest BCUT2D eigenvalue weighted by Gasteiger charge is -2.23. The molecule has 1 atom stereocenters. The quantitative estimate of drug-likeness (QED) is 0.757. The normalized spacial score (nSPS) is 13.7. The molecular weight excluding hydrogens is 206 g/mol. The molecule has 0 spiro atoms. The first-order chi connectivity index (χ1) is 7.42. The minimum atomic E-state index is -0.783. The number of aromatic nitrogens is 2. The molecule has 0 aliphatic heterocycles. The number of hydrogen-bond donors (Lipinski definition) is 2. The second-order valence-electron chi connectivity index (χ2n) is 4.73. The highest BCUT2D eigenvalue weighted by molar-refractivity contribution is 5.73. The summed E-state index contributed by atoms with van der Waals surface area (Å²) in [5.74, 6) is -0.783. The Morgan fingerprint density at radius 3 is 2.81 bits per heavy atom. The number of nitrogens with zero attached hydrogens (tertiary/aromatic N) is 2. The topological polar surface area (TPSA) is 67.2 Å². The molecule has 0 amide bonds. The average molecular weight is 225 g/mol. The molecule has 0 fully saturated rings. The molecule has 2 N–H and O–H groups in total. The Balaban J connectivity index is 2.35. The van der Waals surface area contributed by atoms with Crippen molar-refractivity contribution in [2.45, 2.75) is 33.4 Å². The Hall–Kier alpha value is -1.36. The van der Waals surface area contributed by atoms with Crippen LogP contribution >= 0.6 is 0 Å². The minimum Gasteiger partial charge on any atom is -0.481 e. The molecule has 16 heavy (non-hydrogen) atoms. The van der Waals surface area contributed by atoms with E-state index in [4.69, 9.17) is 5.11 Å². The van der Waals surface area contributed by atoms with E-state index in [2.05, 4.69) is 10.3 Å². The highest BCUT2D eigenvalue weighted by Crippen LogP contribution is 2.13. The summed E-state index contributed by atoms with van der Waals surface area (Å²) >= 11 is 0. The van der Waals surface area contributed by atoms with E-state index < -0.39 is 11.4 Å². The molecule has 1 aromatic heterocycles. The Kier molecular flexibility index (Phi) is 4.06. The van der Waals surface area contributed by atoms with Gasteiger partial charge in [0, 0.05) is 31.5 Å². The van der Waals surface area contributed by atoms with Crippen molar-refractivity contribution in [2.75, 3.05) is 6.54 Å². The number of rotatable bonds is 6. The van der Waals surface area contributed by atoms with E-state index in [1.165, 1.54) is 0 Å². The number of aliphatic carboxylic acids is 1. The van der Waals surface area contributed by atoms with E-state index in [-0.39, 0.29) is 6.04 Å². The van der Waals surface area contributed by atoms with Gasteiger partial charge in [-0.25, -0.2) is 4.98 Å². The van der Waals surface area contributed by atoms with Crippen molar-refractivity contribution in [1.82, 2.24) is 14.9 Å². The van der Waals surface area contributed by atoms with Crippen LogP contribution in [0.3, 0.4) is 0 Å². The van der Waals surface area contributed by atoms with Crippen LogP contribution in [0.25, 0.3) is 0 Å². The van der Waals surface area contributed by atoms with E-state index in [1.807, 2.05) is 17.7 Å². The summed E-state index contributed by atoms with van der Waals surface area (Å²) < 4.78 is 1.96. The molecule has 0 bridgehead atoms. The van der Waals surface area contributed by atoms with Gasteiger partial charge in [-0.05, 0) is 20.8 Å². The zero-order valence-corrected chi connectivity index (χ0v) is 9.97. The highest BCUT2D eigenvalue weighted by Gasteiger charge is 2.27. The van der Waals surface area contributed by atoms with Gasteiger partial charge in [-0.3, -0.25) is 4.79 Å². The number of imidazole rings is 1. The molecule has 0 radical (unpaired) electrons. The average Bonchev–Trinajstić information content (AvgIpc) is 2.67. The first-order valence-electron chi connectivity index (χ1n) is 5.34. The molecule has 0 saturated heterocycles. The maximum atomic E-state index is 10.9. The zero-order chi connectivity index (χ0) is 12.2. The Bertz CT molecular complexity index is 333. The van der Waals surface area contributed by atoms with Crippen LogP contribution in [0.15, 0.2) is 18.7 Å². The van der Waals surface area contributed by atoms with Crippen molar-refractivity contribution in [3.8, 4) is 0 Å². The molecule has 5 heteroatoms. The van der Waals surface area contributed by atoms with Crippen molar-refractivity contribution >= 4 is 5.97 Å². The van der Waals surface area contributed by atoms with Crippen LogP contribution in [0, 0.1) is 5.41 Å². The van der Waals surface area contributed by atoms with Crippen LogP contribution in [0.1, 0.15) is 20.8 Å². The molecule has 90 valence electrons. The largest absolute Gasteiger partial charge is 0.481 e. The lowest BCUT2D eigenvalue weighted by molar-refractivity contribution is -0.146. The molecule has 1 heterocycles. The summed E-state index contributed by atoms with van der Waals surface area (Å²) in [4.78, 5) is 14.8. The third-order valence-electron chi connectivity index (χ3n) is 2.52. The molecule has 0 aliphatic carbocycles. The van der Waals surface area contributed by atoms with Crippen LogP contribution in [0.4, 0.5) is 0 Å². The molecule has 5 nitrogen and oxygen atoms in total. The molecule has 1 rings (SSSR count). The fraction of sp³-hybridized carbons (Fsp3) is 0.636. The summed E-state index contributed by atoms with van der Waals surface area (Å²) in [6.07, 6.45) is 5.37. The van der Waals surface area contributed by atoms with E-state index in [1.54, 1.807) is 26.4 Å². The smallest absolute Gasteiger partial charge is 0.310 e. The Morgan fingerprint density at radius 2 is 2.31 bits per heavy atom. The lowest BCUT2D eigenvalue weighted by Crippen LogP contribution is -2.41. The van der Waals surface area contributed by atoms with Crippen LogP contribution in [0.5, 0.6) is 0 Å². The van der Waals surface area contributed by atoms with Gasteiger partial charge in [-0.15, -0.1) is 0 Å². The van der Waals surface area contributed by atoms with Gasteiger partial charge in [-0.1, -0.05) is 0 Å². The second-order valence-corrected chi connectivity index (χ2v) is 4.73.